The topological polar surface area (TPSA) is 81.4 Å². The van der Waals surface area contributed by atoms with Crippen LogP contribution in [0.3, 0.4) is 0 Å². The Labute approximate surface area is 119 Å². The van der Waals surface area contributed by atoms with Crippen LogP contribution in [-0.4, -0.2) is 36.1 Å². The van der Waals surface area contributed by atoms with E-state index in [0.717, 1.165) is 6.42 Å². The highest BCUT2D eigenvalue weighted by Gasteiger charge is 2.11. The Hall–Kier alpha value is -1.11. The molecule has 0 spiro atoms. The van der Waals surface area contributed by atoms with Crippen molar-refractivity contribution < 1.29 is 13.7 Å². The third kappa shape index (κ3) is 5.59. The smallest absolute Gasteiger partial charge is 0.233 e. The van der Waals surface area contributed by atoms with E-state index in [0.29, 0.717) is 28.8 Å². The Balaban J connectivity index is 2.45. The van der Waals surface area contributed by atoms with E-state index in [2.05, 4.69) is 5.32 Å². The van der Waals surface area contributed by atoms with Gasteiger partial charge in [0.1, 0.15) is 5.75 Å². The van der Waals surface area contributed by atoms with Crippen molar-refractivity contribution in [3.05, 3.63) is 23.2 Å². The zero-order valence-corrected chi connectivity index (χ0v) is 12.2. The fourth-order valence-corrected chi connectivity index (χ4v) is 2.57. The molecular formula is C12H17ClN2O3S. The van der Waals surface area contributed by atoms with E-state index in [9.17, 15) is 9.00 Å². The molecule has 1 aromatic carbocycles. The number of halogens is 1. The molecule has 1 aromatic rings. The number of amides is 1. The number of hydrogen-bond acceptors (Lipinski definition) is 4. The van der Waals surface area contributed by atoms with Crippen LogP contribution in [0.25, 0.3) is 0 Å². The molecule has 0 saturated heterocycles. The predicted molar refractivity (Wildman–Crippen MR) is 76.6 cm³/mol. The second kappa shape index (κ2) is 8.14. The number of carbonyl (C=O) groups is 1. The SMILES string of the molecule is COCCCNC(=O)CS(=O)c1ccc(N)c(Cl)c1. The van der Waals surface area contributed by atoms with Gasteiger partial charge in [-0.25, -0.2) is 0 Å². The van der Waals surface area contributed by atoms with Gasteiger partial charge in [0, 0.05) is 25.2 Å². The summed E-state index contributed by atoms with van der Waals surface area (Å²) >= 11 is 5.84. The van der Waals surface area contributed by atoms with E-state index in [1.807, 2.05) is 0 Å². The molecule has 0 fully saturated rings. The maximum Gasteiger partial charge on any atom is 0.233 e. The maximum atomic E-state index is 11.9. The number of methoxy groups -OCH3 is 1. The average Bonchev–Trinajstić information content (AvgIpc) is 2.38. The summed E-state index contributed by atoms with van der Waals surface area (Å²) in [4.78, 5) is 12.0. The van der Waals surface area contributed by atoms with Crippen LogP contribution < -0.4 is 11.1 Å². The number of nitrogens with two attached hydrogens (primary N) is 1. The first kappa shape index (κ1) is 15.9. The van der Waals surface area contributed by atoms with E-state index >= 15 is 0 Å². The number of hydrogen-bond donors (Lipinski definition) is 2. The lowest BCUT2D eigenvalue weighted by Gasteiger charge is -2.06. The van der Waals surface area contributed by atoms with Gasteiger partial charge in [0.25, 0.3) is 0 Å². The van der Waals surface area contributed by atoms with Crippen LogP contribution in [0.5, 0.6) is 0 Å². The number of ether oxygens (including phenoxy) is 1. The second-order valence-electron chi connectivity index (χ2n) is 3.87. The van der Waals surface area contributed by atoms with Crippen molar-refractivity contribution in [1.29, 1.82) is 0 Å². The number of carbonyl (C=O) groups excluding carboxylic acids is 1. The summed E-state index contributed by atoms with van der Waals surface area (Å²) in [5, 5.41) is 3.01. The van der Waals surface area contributed by atoms with Crippen molar-refractivity contribution in [2.75, 3.05) is 31.7 Å². The molecule has 1 atom stereocenters. The third-order valence-corrected chi connectivity index (χ3v) is 3.98. The zero-order valence-electron chi connectivity index (χ0n) is 10.6. The first-order valence-electron chi connectivity index (χ1n) is 5.73. The van der Waals surface area contributed by atoms with Gasteiger partial charge in [0.2, 0.25) is 5.91 Å². The van der Waals surface area contributed by atoms with E-state index < -0.39 is 10.8 Å². The molecular weight excluding hydrogens is 288 g/mol. The Kier molecular flexibility index (Phi) is 6.83. The van der Waals surface area contributed by atoms with Gasteiger partial charge in [-0.15, -0.1) is 0 Å². The van der Waals surface area contributed by atoms with E-state index in [1.54, 1.807) is 19.2 Å². The Bertz CT molecular complexity index is 468. The molecule has 0 aliphatic carbocycles. The van der Waals surface area contributed by atoms with Crippen molar-refractivity contribution in [3.8, 4) is 0 Å². The lowest BCUT2D eigenvalue weighted by molar-refractivity contribution is -0.118. The first-order chi connectivity index (χ1) is 9.04. The standard InChI is InChI=1S/C12H17ClN2O3S/c1-18-6-2-5-15-12(16)8-19(17)9-3-4-11(14)10(13)7-9/h3-4,7H,2,5-6,8,14H2,1H3,(H,15,16). The number of anilines is 1. The molecule has 0 heterocycles. The van der Waals surface area contributed by atoms with Crippen molar-refractivity contribution >= 4 is 34.0 Å². The quantitative estimate of drug-likeness (QED) is 0.585. The van der Waals surface area contributed by atoms with Gasteiger partial charge in [-0.2, -0.15) is 0 Å². The molecule has 7 heteroatoms. The lowest BCUT2D eigenvalue weighted by atomic mass is 10.3. The molecule has 0 saturated carbocycles. The van der Waals surface area contributed by atoms with Crippen LogP contribution in [0.15, 0.2) is 23.1 Å². The van der Waals surface area contributed by atoms with Crippen molar-refractivity contribution in [2.24, 2.45) is 0 Å². The molecule has 19 heavy (non-hydrogen) atoms. The summed E-state index contributed by atoms with van der Waals surface area (Å²) in [6, 6.07) is 4.70. The van der Waals surface area contributed by atoms with Crippen LogP contribution in [0, 0.1) is 0 Å². The number of nitrogen functional groups attached to an aromatic ring is 1. The van der Waals surface area contributed by atoms with Crippen LogP contribution in [0.4, 0.5) is 5.69 Å². The van der Waals surface area contributed by atoms with Crippen molar-refractivity contribution in [1.82, 2.24) is 5.32 Å². The normalized spacial score (nSPS) is 12.1. The molecule has 0 radical (unpaired) electrons. The molecule has 106 valence electrons. The minimum absolute atomic E-state index is 0.0901. The number of nitrogens with one attached hydrogen (secondary N) is 1. The van der Waals surface area contributed by atoms with Crippen LogP contribution >= 0.6 is 11.6 Å². The highest BCUT2D eigenvalue weighted by Crippen LogP contribution is 2.21. The van der Waals surface area contributed by atoms with Gasteiger partial charge in [-0.05, 0) is 24.6 Å². The molecule has 1 amide bonds. The van der Waals surface area contributed by atoms with Gasteiger partial charge in [0.15, 0.2) is 0 Å². The van der Waals surface area contributed by atoms with Gasteiger partial charge in [0.05, 0.1) is 21.5 Å². The number of benzene rings is 1. The van der Waals surface area contributed by atoms with Crippen LogP contribution in [0.1, 0.15) is 6.42 Å². The van der Waals surface area contributed by atoms with Crippen molar-refractivity contribution in [3.63, 3.8) is 0 Å². The van der Waals surface area contributed by atoms with E-state index in [4.69, 9.17) is 22.1 Å². The molecule has 1 unspecified atom stereocenters. The molecule has 0 aromatic heterocycles. The average molecular weight is 305 g/mol. The largest absolute Gasteiger partial charge is 0.398 e. The summed E-state index contributed by atoms with van der Waals surface area (Å²) in [7, 11) is 0.176. The molecule has 1 rings (SSSR count). The van der Waals surface area contributed by atoms with Crippen molar-refractivity contribution in [2.45, 2.75) is 11.3 Å². The lowest BCUT2D eigenvalue weighted by Crippen LogP contribution is -2.29. The summed E-state index contributed by atoms with van der Waals surface area (Å²) in [6.45, 7) is 1.09. The third-order valence-electron chi connectivity index (χ3n) is 2.34. The molecule has 0 bridgehead atoms. The molecule has 3 N–H and O–H groups in total. The zero-order chi connectivity index (χ0) is 14.3. The minimum atomic E-state index is -1.42. The first-order valence-corrected chi connectivity index (χ1v) is 7.43. The summed E-state index contributed by atoms with van der Waals surface area (Å²) in [5.74, 6) is -0.352. The molecule has 5 nitrogen and oxygen atoms in total. The fourth-order valence-electron chi connectivity index (χ4n) is 1.35. The Morgan fingerprint density at radius 2 is 2.26 bits per heavy atom. The predicted octanol–water partition coefficient (Wildman–Crippen LogP) is 1.18. The Morgan fingerprint density at radius 3 is 2.89 bits per heavy atom. The minimum Gasteiger partial charge on any atom is -0.398 e. The summed E-state index contributed by atoms with van der Waals surface area (Å²) in [5.41, 5.74) is 5.98. The van der Waals surface area contributed by atoms with E-state index in [-0.39, 0.29) is 11.7 Å². The van der Waals surface area contributed by atoms with Gasteiger partial charge < -0.3 is 15.8 Å². The number of rotatable bonds is 7. The van der Waals surface area contributed by atoms with Gasteiger partial charge in [-0.3, -0.25) is 9.00 Å². The van der Waals surface area contributed by atoms with Crippen LogP contribution in [-0.2, 0) is 20.3 Å². The van der Waals surface area contributed by atoms with Gasteiger partial charge in [-0.1, -0.05) is 11.6 Å². The highest BCUT2D eigenvalue weighted by molar-refractivity contribution is 7.85. The van der Waals surface area contributed by atoms with Gasteiger partial charge >= 0.3 is 0 Å². The van der Waals surface area contributed by atoms with Crippen LogP contribution in [0.2, 0.25) is 5.02 Å². The monoisotopic (exact) mass is 304 g/mol. The van der Waals surface area contributed by atoms with E-state index in [1.165, 1.54) is 6.07 Å². The summed E-state index contributed by atoms with van der Waals surface area (Å²) < 4.78 is 16.8. The fraction of sp³-hybridized carbons (Fsp3) is 0.417. The molecule has 0 aliphatic rings. The Morgan fingerprint density at radius 1 is 1.53 bits per heavy atom. The summed E-state index contributed by atoms with van der Waals surface area (Å²) in [6.07, 6.45) is 0.725. The highest BCUT2D eigenvalue weighted by atomic mass is 35.5. The molecule has 0 aliphatic heterocycles. The second-order valence-corrected chi connectivity index (χ2v) is 5.73. The maximum absolute atomic E-state index is 11.9.